The maximum atomic E-state index is 11.9. The summed E-state index contributed by atoms with van der Waals surface area (Å²) in [6, 6.07) is 15.8. The smallest absolute Gasteiger partial charge is 0.308 e. The van der Waals surface area contributed by atoms with Gasteiger partial charge in [0.05, 0.1) is 5.39 Å². The molecule has 0 bridgehead atoms. The van der Waals surface area contributed by atoms with Crippen LogP contribution in [0.5, 0.6) is 0 Å². The van der Waals surface area contributed by atoms with E-state index in [1.54, 1.807) is 24.3 Å². The van der Waals surface area contributed by atoms with Gasteiger partial charge in [0.1, 0.15) is 0 Å². The van der Waals surface area contributed by atoms with Crippen molar-refractivity contribution in [2.24, 2.45) is 0 Å². The Labute approximate surface area is 124 Å². The van der Waals surface area contributed by atoms with Gasteiger partial charge in [0.25, 0.3) is 5.56 Å². The van der Waals surface area contributed by atoms with E-state index in [2.05, 4.69) is 15.6 Å². The lowest BCUT2D eigenvalue weighted by molar-refractivity contribution is 0.262. The van der Waals surface area contributed by atoms with Crippen molar-refractivity contribution in [3.8, 4) is 0 Å². The summed E-state index contributed by atoms with van der Waals surface area (Å²) in [5, 5.41) is 6.08. The number of aromatic nitrogens is 1. The number of amides is 2. The molecule has 1 heterocycles. The molecule has 6 heteroatoms. The number of hydrogen-bond donors (Lipinski definition) is 2. The Bertz CT molecular complexity index is 846. The van der Waals surface area contributed by atoms with E-state index in [0.717, 1.165) is 4.70 Å². The first-order valence-corrected chi connectivity index (χ1v) is 7.07. The number of rotatable bonds is 2. The third kappa shape index (κ3) is 3.06. The van der Waals surface area contributed by atoms with E-state index in [9.17, 15) is 9.59 Å². The van der Waals surface area contributed by atoms with Crippen LogP contribution in [0.3, 0.4) is 0 Å². The molecule has 5 nitrogen and oxygen atoms in total. The van der Waals surface area contributed by atoms with Crippen molar-refractivity contribution >= 4 is 38.3 Å². The Kier molecular flexibility index (Phi) is 3.61. The van der Waals surface area contributed by atoms with E-state index in [1.165, 1.54) is 11.3 Å². The molecule has 0 fully saturated rings. The second kappa shape index (κ2) is 5.72. The second-order valence-corrected chi connectivity index (χ2v) is 5.30. The molecule has 2 amide bonds. The molecule has 21 heavy (non-hydrogen) atoms. The quantitative estimate of drug-likeness (QED) is 0.762. The van der Waals surface area contributed by atoms with Crippen LogP contribution >= 0.6 is 11.3 Å². The van der Waals surface area contributed by atoms with Crippen LogP contribution in [0.2, 0.25) is 0 Å². The minimum absolute atomic E-state index is 0.270. The molecule has 0 atom stereocenters. The number of carbonyl (C=O) groups is 1. The van der Waals surface area contributed by atoms with E-state index < -0.39 is 6.03 Å². The number of nitrogens with zero attached hydrogens (tertiary/aromatic N) is 1. The highest BCUT2D eigenvalue weighted by Crippen LogP contribution is 2.20. The molecule has 0 radical (unpaired) electrons. The van der Waals surface area contributed by atoms with Crippen molar-refractivity contribution in [3.05, 3.63) is 65.0 Å². The summed E-state index contributed by atoms with van der Waals surface area (Å²) in [7, 11) is 0. The van der Waals surface area contributed by atoms with Crippen LogP contribution in [0.25, 0.3) is 10.1 Å². The van der Waals surface area contributed by atoms with E-state index in [0.29, 0.717) is 11.1 Å². The lowest BCUT2D eigenvalue weighted by atomic mass is 10.3. The van der Waals surface area contributed by atoms with Gasteiger partial charge in [0.2, 0.25) is 0 Å². The van der Waals surface area contributed by atoms with Crippen LogP contribution in [0.15, 0.2) is 59.4 Å². The Balaban J connectivity index is 1.82. The molecule has 2 N–H and O–H groups in total. The topological polar surface area (TPSA) is 71.1 Å². The van der Waals surface area contributed by atoms with Crippen molar-refractivity contribution in [1.82, 2.24) is 4.98 Å². The summed E-state index contributed by atoms with van der Waals surface area (Å²) in [5.74, 6) is 0. The highest BCUT2D eigenvalue weighted by molar-refractivity contribution is 7.21. The first kappa shape index (κ1) is 13.3. The molecule has 0 aliphatic rings. The lowest BCUT2D eigenvalue weighted by Crippen LogP contribution is -2.21. The third-order valence-corrected chi connectivity index (χ3v) is 3.74. The maximum absolute atomic E-state index is 11.9. The predicted molar refractivity (Wildman–Crippen MR) is 85.0 cm³/mol. The molecule has 104 valence electrons. The first-order chi connectivity index (χ1) is 10.2. The van der Waals surface area contributed by atoms with Gasteiger partial charge in [-0.05, 0) is 24.3 Å². The summed E-state index contributed by atoms with van der Waals surface area (Å²) in [6.45, 7) is 0. The second-order valence-electron chi connectivity index (χ2n) is 4.27. The molecule has 1 aromatic heterocycles. The van der Waals surface area contributed by atoms with Gasteiger partial charge in [-0.25, -0.2) is 4.79 Å². The van der Waals surface area contributed by atoms with Crippen molar-refractivity contribution in [1.29, 1.82) is 0 Å². The fraction of sp³-hybridized carbons (Fsp3) is 0. The number of fused-ring (bicyclic) bond motifs is 1. The van der Waals surface area contributed by atoms with Crippen LogP contribution < -0.4 is 16.2 Å². The highest BCUT2D eigenvalue weighted by Gasteiger charge is 2.07. The molecular weight excluding hydrogens is 286 g/mol. The van der Waals surface area contributed by atoms with Crippen molar-refractivity contribution in [2.75, 3.05) is 10.6 Å². The highest BCUT2D eigenvalue weighted by atomic mass is 32.1. The minimum Gasteiger partial charge on any atom is -0.308 e. The van der Waals surface area contributed by atoms with Gasteiger partial charge >= 0.3 is 6.03 Å². The molecule has 3 aromatic rings. The van der Waals surface area contributed by atoms with Crippen LogP contribution in [0, 0.1) is 0 Å². The van der Waals surface area contributed by atoms with E-state index in [4.69, 9.17) is 0 Å². The molecule has 0 saturated carbocycles. The normalized spacial score (nSPS) is 10.3. The zero-order chi connectivity index (χ0) is 14.7. The molecule has 0 aliphatic heterocycles. The number of nitrogens with one attached hydrogen (secondary N) is 2. The largest absolute Gasteiger partial charge is 0.325 e. The van der Waals surface area contributed by atoms with Gasteiger partial charge in [-0.2, -0.15) is 4.98 Å². The Morgan fingerprint density at radius 1 is 0.952 bits per heavy atom. The van der Waals surface area contributed by atoms with Crippen molar-refractivity contribution in [3.63, 3.8) is 0 Å². The van der Waals surface area contributed by atoms with Gasteiger partial charge in [0, 0.05) is 10.4 Å². The molecule has 3 rings (SSSR count). The zero-order valence-electron chi connectivity index (χ0n) is 10.9. The number of hydrogen-bond acceptors (Lipinski definition) is 4. The molecule has 0 spiro atoms. The molecule has 0 unspecified atom stereocenters. The fourth-order valence-electron chi connectivity index (χ4n) is 1.85. The Morgan fingerprint density at radius 3 is 2.48 bits per heavy atom. The standard InChI is InChI=1S/C15H11N3O2S/c19-13-11-8-4-5-9-12(11)21-15(17-13)18-14(20)16-10-6-2-1-3-7-10/h1-9H,(H2,16,17,18,19,20). The lowest BCUT2D eigenvalue weighted by Gasteiger charge is -2.06. The molecule has 0 aliphatic carbocycles. The van der Waals surface area contributed by atoms with Gasteiger partial charge in [-0.3, -0.25) is 10.1 Å². The van der Waals surface area contributed by atoms with Gasteiger partial charge in [-0.1, -0.05) is 41.7 Å². The van der Waals surface area contributed by atoms with E-state index in [1.807, 2.05) is 30.3 Å². The van der Waals surface area contributed by atoms with Gasteiger partial charge in [0.15, 0.2) is 5.13 Å². The average molecular weight is 297 g/mol. The van der Waals surface area contributed by atoms with E-state index in [-0.39, 0.29) is 10.7 Å². The first-order valence-electron chi connectivity index (χ1n) is 6.25. The van der Waals surface area contributed by atoms with Gasteiger partial charge in [-0.15, -0.1) is 0 Å². The monoisotopic (exact) mass is 297 g/mol. The van der Waals surface area contributed by atoms with Crippen molar-refractivity contribution in [2.45, 2.75) is 0 Å². The summed E-state index contributed by atoms with van der Waals surface area (Å²) >= 11 is 1.26. The van der Waals surface area contributed by atoms with E-state index >= 15 is 0 Å². The SMILES string of the molecule is O=C(Nc1ccccc1)Nc1nc(=O)c2ccccc2s1. The zero-order valence-corrected chi connectivity index (χ0v) is 11.7. The fourth-order valence-corrected chi connectivity index (χ4v) is 2.74. The van der Waals surface area contributed by atoms with Crippen LogP contribution in [-0.4, -0.2) is 11.0 Å². The molecular formula is C15H11N3O2S. The summed E-state index contributed by atoms with van der Waals surface area (Å²) in [6.07, 6.45) is 0. The summed E-state index contributed by atoms with van der Waals surface area (Å²) in [5.41, 5.74) is 0.322. The summed E-state index contributed by atoms with van der Waals surface area (Å²) < 4.78 is 0.785. The van der Waals surface area contributed by atoms with Crippen LogP contribution in [0.4, 0.5) is 15.6 Å². The number of benzene rings is 2. The van der Waals surface area contributed by atoms with Crippen molar-refractivity contribution < 1.29 is 4.79 Å². The number of anilines is 2. The van der Waals surface area contributed by atoms with Gasteiger partial charge < -0.3 is 5.32 Å². The minimum atomic E-state index is -0.431. The number of carbonyl (C=O) groups excluding carboxylic acids is 1. The molecule has 0 saturated heterocycles. The number of urea groups is 1. The average Bonchev–Trinajstić information content (AvgIpc) is 2.48. The van der Waals surface area contributed by atoms with Crippen LogP contribution in [-0.2, 0) is 0 Å². The maximum Gasteiger partial charge on any atom is 0.325 e. The Morgan fingerprint density at radius 2 is 1.67 bits per heavy atom. The summed E-state index contributed by atoms with van der Waals surface area (Å²) in [4.78, 5) is 27.6. The third-order valence-electron chi connectivity index (χ3n) is 2.78. The van der Waals surface area contributed by atoms with Crippen LogP contribution in [0.1, 0.15) is 0 Å². The predicted octanol–water partition coefficient (Wildman–Crippen LogP) is 3.30. The molecule has 2 aromatic carbocycles. The number of para-hydroxylation sites is 1. The Hall–Kier alpha value is -2.73.